The molecule has 0 aliphatic carbocycles. The molecule has 0 N–H and O–H groups in total. The molecule has 104 valence electrons. The first-order valence-electron chi connectivity index (χ1n) is 6.68. The van der Waals surface area contributed by atoms with Gasteiger partial charge in [-0.15, -0.1) is 11.3 Å². The van der Waals surface area contributed by atoms with E-state index in [9.17, 15) is 4.79 Å². The predicted octanol–water partition coefficient (Wildman–Crippen LogP) is 4.56. The molecule has 21 heavy (non-hydrogen) atoms. The van der Waals surface area contributed by atoms with Crippen LogP contribution in [0.2, 0.25) is 0 Å². The topological polar surface area (TPSA) is 26.3 Å². The van der Waals surface area contributed by atoms with Gasteiger partial charge in [0.1, 0.15) is 12.4 Å². The Balaban J connectivity index is 1.66. The van der Waals surface area contributed by atoms with E-state index in [0.717, 1.165) is 16.2 Å². The zero-order chi connectivity index (χ0) is 14.5. The lowest BCUT2D eigenvalue weighted by Gasteiger charge is -2.06. The third-order valence-corrected chi connectivity index (χ3v) is 3.98. The average Bonchev–Trinajstić information content (AvgIpc) is 3.08. The number of benzene rings is 2. The van der Waals surface area contributed by atoms with Gasteiger partial charge < -0.3 is 4.74 Å². The second-order valence-corrected chi connectivity index (χ2v) is 5.55. The molecule has 0 saturated heterocycles. The first-order valence-corrected chi connectivity index (χ1v) is 7.56. The van der Waals surface area contributed by atoms with E-state index in [4.69, 9.17) is 4.74 Å². The van der Waals surface area contributed by atoms with Gasteiger partial charge in [0, 0.05) is 5.56 Å². The molecule has 0 aliphatic rings. The summed E-state index contributed by atoms with van der Waals surface area (Å²) in [5, 5.41) is 1.91. The van der Waals surface area contributed by atoms with Crippen molar-refractivity contribution in [1.29, 1.82) is 0 Å². The molecular formula is C18H14O2S. The zero-order valence-electron chi connectivity index (χ0n) is 11.4. The van der Waals surface area contributed by atoms with E-state index in [1.165, 1.54) is 11.3 Å². The van der Waals surface area contributed by atoms with E-state index in [-0.39, 0.29) is 5.78 Å². The third-order valence-electron chi connectivity index (χ3n) is 3.11. The van der Waals surface area contributed by atoms with E-state index < -0.39 is 0 Å². The molecule has 1 aromatic heterocycles. The molecule has 0 radical (unpaired) electrons. The van der Waals surface area contributed by atoms with Crippen molar-refractivity contribution in [2.75, 3.05) is 0 Å². The summed E-state index contributed by atoms with van der Waals surface area (Å²) in [6.45, 7) is 0.527. The van der Waals surface area contributed by atoms with Gasteiger partial charge in [0.15, 0.2) is 0 Å². The monoisotopic (exact) mass is 294 g/mol. The minimum atomic E-state index is 0.0552. The number of carbonyl (C=O) groups is 1. The van der Waals surface area contributed by atoms with Crippen LogP contribution in [0.5, 0.6) is 5.75 Å². The van der Waals surface area contributed by atoms with Gasteiger partial charge in [-0.3, -0.25) is 4.79 Å². The molecule has 0 bridgehead atoms. The Morgan fingerprint density at radius 1 is 0.905 bits per heavy atom. The summed E-state index contributed by atoms with van der Waals surface area (Å²) < 4.78 is 5.71. The Labute approximate surface area is 127 Å². The minimum absolute atomic E-state index is 0.0552. The van der Waals surface area contributed by atoms with Gasteiger partial charge in [-0.1, -0.05) is 36.4 Å². The molecule has 3 rings (SSSR count). The number of ether oxygens (including phenoxy) is 1. The number of carbonyl (C=O) groups excluding carboxylic acids is 1. The van der Waals surface area contributed by atoms with Crippen LogP contribution in [-0.2, 0) is 6.61 Å². The Morgan fingerprint density at radius 3 is 2.33 bits per heavy atom. The van der Waals surface area contributed by atoms with E-state index >= 15 is 0 Å². The summed E-state index contributed by atoms with van der Waals surface area (Å²) in [4.78, 5) is 12.9. The van der Waals surface area contributed by atoms with E-state index in [1.54, 1.807) is 0 Å². The lowest BCUT2D eigenvalue weighted by molar-refractivity contribution is 0.104. The standard InChI is InChI=1S/C18H14O2S/c19-18(17-7-4-12-21-17)15-8-10-16(11-9-15)20-13-14-5-2-1-3-6-14/h1-12H,13H2. The van der Waals surface area contributed by atoms with Crippen molar-refractivity contribution >= 4 is 17.1 Å². The smallest absolute Gasteiger partial charge is 0.202 e. The molecule has 0 saturated carbocycles. The van der Waals surface area contributed by atoms with E-state index in [2.05, 4.69) is 0 Å². The van der Waals surface area contributed by atoms with Crippen molar-refractivity contribution in [1.82, 2.24) is 0 Å². The maximum absolute atomic E-state index is 12.2. The normalized spacial score (nSPS) is 10.3. The van der Waals surface area contributed by atoms with E-state index in [1.807, 2.05) is 72.1 Å². The number of rotatable bonds is 5. The molecule has 1 heterocycles. The summed E-state index contributed by atoms with van der Waals surface area (Å²) in [6.07, 6.45) is 0. The molecule has 2 nitrogen and oxygen atoms in total. The molecule has 3 aromatic rings. The molecule has 0 fully saturated rings. The first kappa shape index (κ1) is 13.6. The van der Waals surface area contributed by atoms with Gasteiger partial charge in [0.05, 0.1) is 4.88 Å². The largest absolute Gasteiger partial charge is 0.489 e. The first-order chi connectivity index (χ1) is 10.3. The highest BCUT2D eigenvalue weighted by Gasteiger charge is 2.09. The van der Waals surface area contributed by atoms with Gasteiger partial charge in [-0.05, 0) is 41.3 Å². The minimum Gasteiger partial charge on any atom is -0.489 e. The maximum atomic E-state index is 12.2. The highest BCUT2D eigenvalue weighted by molar-refractivity contribution is 7.12. The van der Waals surface area contributed by atoms with Crippen LogP contribution in [0, 0.1) is 0 Å². The molecule has 0 aliphatic heterocycles. The van der Waals surface area contributed by atoms with Crippen LogP contribution in [0.25, 0.3) is 0 Å². The molecule has 3 heteroatoms. The second kappa shape index (κ2) is 6.37. The van der Waals surface area contributed by atoms with Gasteiger partial charge in [-0.25, -0.2) is 0 Å². The van der Waals surface area contributed by atoms with Crippen LogP contribution in [0.4, 0.5) is 0 Å². The van der Waals surface area contributed by atoms with Gasteiger partial charge in [-0.2, -0.15) is 0 Å². The van der Waals surface area contributed by atoms with Crippen molar-refractivity contribution < 1.29 is 9.53 Å². The number of hydrogen-bond donors (Lipinski definition) is 0. The summed E-state index contributed by atoms with van der Waals surface area (Å²) in [5.41, 5.74) is 1.81. The Kier molecular flexibility index (Phi) is 4.12. The summed E-state index contributed by atoms with van der Waals surface area (Å²) in [5.74, 6) is 0.821. The van der Waals surface area contributed by atoms with Crippen LogP contribution in [-0.4, -0.2) is 5.78 Å². The lowest BCUT2D eigenvalue weighted by Crippen LogP contribution is -1.99. The fraction of sp³-hybridized carbons (Fsp3) is 0.0556. The summed E-state index contributed by atoms with van der Waals surface area (Å²) in [7, 11) is 0. The van der Waals surface area contributed by atoms with E-state index in [0.29, 0.717) is 12.2 Å². The zero-order valence-corrected chi connectivity index (χ0v) is 12.2. The highest BCUT2D eigenvalue weighted by atomic mass is 32.1. The molecule has 2 aromatic carbocycles. The fourth-order valence-electron chi connectivity index (χ4n) is 1.99. The maximum Gasteiger partial charge on any atom is 0.202 e. The quantitative estimate of drug-likeness (QED) is 0.645. The molecule has 0 amide bonds. The van der Waals surface area contributed by atoms with Crippen LogP contribution in [0.15, 0.2) is 72.1 Å². The fourth-order valence-corrected chi connectivity index (χ4v) is 2.68. The van der Waals surface area contributed by atoms with Gasteiger partial charge in [0.2, 0.25) is 5.78 Å². The third kappa shape index (κ3) is 3.38. The van der Waals surface area contributed by atoms with Crippen molar-refractivity contribution in [3.63, 3.8) is 0 Å². The number of ketones is 1. The van der Waals surface area contributed by atoms with Crippen molar-refractivity contribution in [2.45, 2.75) is 6.61 Å². The SMILES string of the molecule is O=C(c1ccc(OCc2ccccc2)cc1)c1cccs1. The van der Waals surface area contributed by atoms with Crippen molar-refractivity contribution in [3.8, 4) is 5.75 Å². The van der Waals surface area contributed by atoms with Crippen LogP contribution in [0.3, 0.4) is 0 Å². The average molecular weight is 294 g/mol. The van der Waals surface area contributed by atoms with Crippen molar-refractivity contribution in [2.24, 2.45) is 0 Å². The molecular weight excluding hydrogens is 280 g/mol. The van der Waals surface area contributed by atoms with Crippen LogP contribution in [0.1, 0.15) is 20.8 Å². The Hall–Kier alpha value is -2.39. The summed E-state index contributed by atoms with van der Waals surface area (Å²) in [6, 6.07) is 21.0. The molecule has 0 unspecified atom stereocenters. The van der Waals surface area contributed by atoms with Gasteiger partial charge in [0.25, 0.3) is 0 Å². The molecule has 0 spiro atoms. The van der Waals surface area contributed by atoms with Crippen LogP contribution >= 0.6 is 11.3 Å². The Morgan fingerprint density at radius 2 is 1.67 bits per heavy atom. The van der Waals surface area contributed by atoms with Crippen LogP contribution < -0.4 is 4.74 Å². The van der Waals surface area contributed by atoms with Gasteiger partial charge >= 0.3 is 0 Å². The lowest BCUT2D eigenvalue weighted by atomic mass is 10.1. The molecule has 0 atom stereocenters. The Bertz CT molecular complexity index is 701. The second-order valence-electron chi connectivity index (χ2n) is 4.61. The predicted molar refractivity (Wildman–Crippen MR) is 85.0 cm³/mol. The summed E-state index contributed by atoms with van der Waals surface area (Å²) >= 11 is 1.46. The number of thiophene rings is 1. The van der Waals surface area contributed by atoms with Crippen molar-refractivity contribution in [3.05, 3.63) is 88.1 Å². The number of hydrogen-bond acceptors (Lipinski definition) is 3. The highest BCUT2D eigenvalue weighted by Crippen LogP contribution is 2.19.